The van der Waals surface area contributed by atoms with Crippen molar-refractivity contribution in [2.75, 3.05) is 0 Å². The molecule has 1 aromatic rings. The summed E-state index contributed by atoms with van der Waals surface area (Å²) >= 11 is 5.86. The molecule has 0 amide bonds. The second kappa shape index (κ2) is 8.51. The van der Waals surface area contributed by atoms with Crippen LogP contribution in [0.2, 0.25) is 0 Å². The van der Waals surface area contributed by atoms with E-state index in [1.165, 1.54) is 32.1 Å². The van der Waals surface area contributed by atoms with Crippen molar-refractivity contribution >= 4 is 11.6 Å². The fourth-order valence-electron chi connectivity index (χ4n) is 2.02. The highest BCUT2D eigenvalue weighted by molar-refractivity contribution is 6.16. The van der Waals surface area contributed by atoms with Gasteiger partial charge in [0.2, 0.25) is 0 Å². The maximum absolute atomic E-state index is 5.86. The maximum Gasteiger partial charge on any atom is 0.147 e. The molecule has 0 fully saturated rings. The first-order valence-electron chi connectivity index (χ1n) is 6.80. The number of hydrogen-bond donors (Lipinski definition) is 0. The van der Waals surface area contributed by atoms with E-state index < -0.39 is 0 Å². The lowest BCUT2D eigenvalue weighted by molar-refractivity contribution is 0.580. The Morgan fingerprint density at radius 2 is 1.65 bits per heavy atom. The summed E-state index contributed by atoms with van der Waals surface area (Å²) in [7, 11) is 0. The average molecular weight is 258 g/mol. The van der Waals surface area contributed by atoms with Crippen LogP contribution in [0, 0.1) is 0 Å². The molecule has 3 nitrogen and oxygen atoms in total. The van der Waals surface area contributed by atoms with Crippen LogP contribution in [0.5, 0.6) is 0 Å². The summed E-state index contributed by atoms with van der Waals surface area (Å²) in [6.45, 7) is 5.40. The van der Waals surface area contributed by atoms with E-state index in [9.17, 15) is 0 Å². The summed E-state index contributed by atoms with van der Waals surface area (Å²) in [6, 6.07) is 0. The average Bonchev–Trinajstić information content (AvgIpc) is 2.72. The predicted octanol–water partition coefficient (Wildman–Crippen LogP) is 3.94. The van der Waals surface area contributed by atoms with Crippen molar-refractivity contribution in [3.63, 3.8) is 0 Å². The molecule has 0 atom stereocenters. The second-order valence-corrected chi connectivity index (χ2v) is 4.75. The first kappa shape index (κ1) is 14.5. The molecule has 0 saturated carbocycles. The lowest BCUT2D eigenvalue weighted by atomic mass is 10.1. The van der Waals surface area contributed by atoms with Gasteiger partial charge in [-0.15, -0.1) is 21.8 Å². The van der Waals surface area contributed by atoms with E-state index in [1.807, 2.05) is 0 Å². The van der Waals surface area contributed by atoms with Crippen molar-refractivity contribution in [1.29, 1.82) is 0 Å². The summed E-state index contributed by atoms with van der Waals surface area (Å²) in [5.74, 6) is 2.49. The molecule has 0 unspecified atom stereocenters. The fraction of sp³-hybridized carbons (Fsp3) is 0.846. The first-order chi connectivity index (χ1) is 8.33. The molecule has 0 aliphatic rings. The van der Waals surface area contributed by atoms with Crippen molar-refractivity contribution in [3.05, 3.63) is 11.6 Å². The molecule has 0 aliphatic carbocycles. The molecule has 0 aliphatic heterocycles. The number of nitrogens with zero attached hydrogens (tertiary/aromatic N) is 3. The van der Waals surface area contributed by atoms with Crippen LogP contribution in [-0.4, -0.2) is 14.8 Å². The lowest BCUT2D eigenvalue weighted by Crippen LogP contribution is -2.06. The third-order valence-electron chi connectivity index (χ3n) is 2.97. The second-order valence-electron chi connectivity index (χ2n) is 4.48. The van der Waals surface area contributed by atoms with Crippen LogP contribution in [0.3, 0.4) is 0 Å². The Kier molecular flexibility index (Phi) is 7.25. The maximum atomic E-state index is 5.86. The van der Waals surface area contributed by atoms with Crippen molar-refractivity contribution < 1.29 is 0 Å². The van der Waals surface area contributed by atoms with Gasteiger partial charge in [-0.25, -0.2) is 0 Å². The number of rotatable bonds is 9. The van der Waals surface area contributed by atoms with Gasteiger partial charge in [-0.05, 0) is 12.8 Å². The van der Waals surface area contributed by atoms with E-state index in [0.29, 0.717) is 5.88 Å². The van der Waals surface area contributed by atoms with Crippen molar-refractivity contribution in [2.45, 2.75) is 71.2 Å². The standard InChI is InChI=1S/C13H24ClN3/c1-3-5-6-7-8-9-12-15-16-13(11-14)17(12)10-4-2/h3-11H2,1-2H3. The first-order valence-corrected chi connectivity index (χ1v) is 7.33. The lowest BCUT2D eigenvalue weighted by Gasteiger charge is -2.07. The molecule has 1 heterocycles. The zero-order valence-electron chi connectivity index (χ0n) is 11.1. The van der Waals surface area contributed by atoms with Crippen LogP contribution < -0.4 is 0 Å². The molecular formula is C13H24ClN3. The Hall–Kier alpha value is -0.570. The fourth-order valence-corrected chi connectivity index (χ4v) is 2.22. The number of hydrogen-bond acceptors (Lipinski definition) is 2. The topological polar surface area (TPSA) is 30.7 Å². The van der Waals surface area contributed by atoms with Gasteiger partial charge in [0.1, 0.15) is 11.6 Å². The predicted molar refractivity (Wildman–Crippen MR) is 72.3 cm³/mol. The van der Waals surface area contributed by atoms with E-state index in [0.717, 1.165) is 31.0 Å². The Morgan fingerprint density at radius 1 is 0.941 bits per heavy atom. The van der Waals surface area contributed by atoms with Gasteiger partial charge in [0.25, 0.3) is 0 Å². The minimum Gasteiger partial charge on any atom is -0.314 e. The molecule has 0 N–H and O–H groups in total. The quantitative estimate of drug-likeness (QED) is 0.496. The third kappa shape index (κ3) is 4.66. The molecule has 0 bridgehead atoms. The van der Waals surface area contributed by atoms with Crippen LogP contribution in [0.15, 0.2) is 0 Å². The van der Waals surface area contributed by atoms with E-state index >= 15 is 0 Å². The van der Waals surface area contributed by atoms with E-state index in [1.54, 1.807) is 0 Å². The van der Waals surface area contributed by atoms with Gasteiger partial charge in [0.05, 0.1) is 5.88 Å². The Balaban J connectivity index is 2.43. The van der Waals surface area contributed by atoms with Crippen molar-refractivity contribution in [3.8, 4) is 0 Å². The highest BCUT2D eigenvalue weighted by Crippen LogP contribution is 2.11. The summed E-state index contributed by atoms with van der Waals surface area (Å²) < 4.78 is 2.19. The molecule has 0 radical (unpaired) electrons. The SMILES string of the molecule is CCCCCCCc1nnc(CCl)n1CCC. The molecular weight excluding hydrogens is 234 g/mol. The number of alkyl halides is 1. The third-order valence-corrected chi connectivity index (χ3v) is 3.21. The summed E-state index contributed by atoms with van der Waals surface area (Å²) in [5.41, 5.74) is 0. The molecule has 4 heteroatoms. The zero-order chi connectivity index (χ0) is 12.5. The van der Waals surface area contributed by atoms with Gasteiger partial charge in [0, 0.05) is 13.0 Å². The summed E-state index contributed by atoms with van der Waals surface area (Å²) in [4.78, 5) is 0. The smallest absolute Gasteiger partial charge is 0.147 e. The summed E-state index contributed by atoms with van der Waals surface area (Å²) in [6.07, 6.45) is 8.61. The molecule has 0 saturated heterocycles. The van der Waals surface area contributed by atoms with E-state index in [2.05, 4.69) is 28.6 Å². The minimum atomic E-state index is 0.461. The van der Waals surface area contributed by atoms with Gasteiger partial charge in [-0.1, -0.05) is 39.5 Å². The van der Waals surface area contributed by atoms with Crippen LogP contribution >= 0.6 is 11.6 Å². The van der Waals surface area contributed by atoms with Crippen LogP contribution in [0.4, 0.5) is 0 Å². The van der Waals surface area contributed by atoms with Gasteiger partial charge in [-0.2, -0.15) is 0 Å². The normalized spacial score (nSPS) is 11.0. The van der Waals surface area contributed by atoms with Crippen LogP contribution in [-0.2, 0) is 18.8 Å². The van der Waals surface area contributed by atoms with Crippen molar-refractivity contribution in [1.82, 2.24) is 14.8 Å². The van der Waals surface area contributed by atoms with Crippen molar-refractivity contribution in [2.24, 2.45) is 0 Å². The minimum absolute atomic E-state index is 0.461. The highest BCUT2D eigenvalue weighted by Gasteiger charge is 2.09. The van der Waals surface area contributed by atoms with Crippen LogP contribution in [0.1, 0.15) is 64.0 Å². The van der Waals surface area contributed by atoms with E-state index in [4.69, 9.17) is 11.6 Å². The Morgan fingerprint density at radius 3 is 2.29 bits per heavy atom. The number of aromatic nitrogens is 3. The molecule has 0 aromatic carbocycles. The monoisotopic (exact) mass is 257 g/mol. The van der Waals surface area contributed by atoms with Gasteiger partial charge < -0.3 is 4.57 Å². The largest absolute Gasteiger partial charge is 0.314 e. The Labute approximate surface area is 110 Å². The zero-order valence-corrected chi connectivity index (χ0v) is 11.8. The Bertz CT molecular complexity index is 310. The molecule has 1 aromatic heterocycles. The summed E-state index contributed by atoms with van der Waals surface area (Å²) in [5, 5.41) is 8.40. The van der Waals surface area contributed by atoms with Crippen LogP contribution in [0.25, 0.3) is 0 Å². The highest BCUT2D eigenvalue weighted by atomic mass is 35.5. The molecule has 0 spiro atoms. The van der Waals surface area contributed by atoms with Gasteiger partial charge in [0.15, 0.2) is 0 Å². The molecule has 17 heavy (non-hydrogen) atoms. The number of unbranched alkanes of at least 4 members (excludes halogenated alkanes) is 4. The number of halogens is 1. The van der Waals surface area contributed by atoms with E-state index in [-0.39, 0.29) is 0 Å². The van der Waals surface area contributed by atoms with Gasteiger partial charge >= 0.3 is 0 Å². The molecule has 98 valence electrons. The van der Waals surface area contributed by atoms with Gasteiger partial charge in [-0.3, -0.25) is 0 Å². The number of aryl methyl sites for hydroxylation is 1. The molecule has 1 rings (SSSR count).